The van der Waals surface area contributed by atoms with Gasteiger partial charge in [-0.05, 0) is 12.3 Å². The first-order valence-electron chi connectivity index (χ1n) is 5.64. The minimum Gasteiger partial charge on any atom is -0.478 e. The summed E-state index contributed by atoms with van der Waals surface area (Å²) >= 11 is 0. The molecule has 0 bridgehead atoms. The molecule has 0 spiro atoms. The lowest BCUT2D eigenvalue weighted by Gasteiger charge is -2.10. The van der Waals surface area contributed by atoms with Crippen molar-refractivity contribution in [2.75, 3.05) is 13.7 Å². The predicted molar refractivity (Wildman–Crippen MR) is 63.3 cm³/mol. The highest BCUT2D eigenvalue weighted by atomic mass is 16.5. The van der Waals surface area contributed by atoms with Crippen LogP contribution in [0.2, 0.25) is 0 Å². The molecule has 0 aromatic carbocycles. The number of rotatable bonds is 6. The van der Waals surface area contributed by atoms with Crippen LogP contribution in [0.3, 0.4) is 0 Å². The third-order valence-electron chi connectivity index (χ3n) is 2.39. The Balaban J connectivity index is 2.90. The van der Waals surface area contributed by atoms with Gasteiger partial charge in [0.2, 0.25) is 0 Å². The average Bonchev–Trinajstić information content (AvgIpc) is 2.29. The van der Waals surface area contributed by atoms with Gasteiger partial charge < -0.3 is 9.84 Å². The molecule has 0 aliphatic heterocycles. The zero-order valence-electron chi connectivity index (χ0n) is 10.4. The summed E-state index contributed by atoms with van der Waals surface area (Å²) in [5.41, 5.74) is 0.787. The molecule has 94 valence electrons. The molecule has 0 fully saturated rings. The first-order valence-corrected chi connectivity index (χ1v) is 5.64. The fourth-order valence-electron chi connectivity index (χ4n) is 1.53. The Hall–Kier alpha value is -1.49. The SMILES string of the molecule is COCCCc1ncc(C(=O)O)c(C(C)C)n1. The fourth-order valence-corrected chi connectivity index (χ4v) is 1.53. The van der Waals surface area contributed by atoms with Gasteiger partial charge in [0.15, 0.2) is 0 Å². The Bertz CT molecular complexity index is 391. The van der Waals surface area contributed by atoms with Crippen LogP contribution in [0.1, 0.15) is 48.1 Å². The third-order valence-corrected chi connectivity index (χ3v) is 2.39. The monoisotopic (exact) mass is 238 g/mol. The molecule has 0 amide bonds. The van der Waals surface area contributed by atoms with E-state index < -0.39 is 5.97 Å². The van der Waals surface area contributed by atoms with Gasteiger partial charge in [-0.25, -0.2) is 14.8 Å². The van der Waals surface area contributed by atoms with Gasteiger partial charge in [0.25, 0.3) is 0 Å². The first-order chi connectivity index (χ1) is 8.06. The van der Waals surface area contributed by atoms with E-state index in [4.69, 9.17) is 9.84 Å². The lowest BCUT2D eigenvalue weighted by Crippen LogP contribution is -2.10. The summed E-state index contributed by atoms with van der Waals surface area (Å²) in [5, 5.41) is 9.02. The van der Waals surface area contributed by atoms with E-state index in [1.807, 2.05) is 13.8 Å². The number of nitrogens with zero attached hydrogens (tertiary/aromatic N) is 2. The summed E-state index contributed by atoms with van der Waals surface area (Å²) in [5.74, 6) is -0.224. The highest BCUT2D eigenvalue weighted by Gasteiger charge is 2.15. The standard InChI is InChI=1S/C12H18N2O3/c1-8(2)11-9(12(15)16)7-13-10(14-11)5-4-6-17-3/h7-8H,4-6H2,1-3H3,(H,15,16). The number of methoxy groups -OCH3 is 1. The van der Waals surface area contributed by atoms with Crippen LogP contribution in [0.5, 0.6) is 0 Å². The van der Waals surface area contributed by atoms with Crippen molar-refractivity contribution in [3.63, 3.8) is 0 Å². The van der Waals surface area contributed by atoms with Crippen LogP contribution in [-0.2, 0) is 11.2 Å². The quantitative estimate of drug-likeness (QED) is 0.766. The van der Waals surface area contributed by atoms with E-state index in [2.05, 4.69) is 9.97 Å². The maximum atomic E-state index is 11.0. The van der Waals surface area contributed by atoms with Gasteiger partial charge in [-0.3, -0.25) is 0 Å². The van der Waals surface area contributed by atoms with Crippen molar-refractivity contribution in [2.24, 2.45) is 0 Å². The molecule has 0 unspecified atom stereocenters. The zero-order chi connectivity index (χ0) is 12.8. The second-order valence-electron chi connectivity index (χ2n) is 4.14. The highest BCUT2D eigenvalue weighted by molar-refractivity contribution is 5.88. The molecular weight excluding hydrogens is 220 g/mol. The fraction of sp³-hybridized carbons (Fsp3) is 0.583. The molecule has 0 aliphatic rings. The normalized spacial score (nSPS) is 10.8. The lowest BCUT2D eigenvalue weighted by molar-refractivity contribution is 0.0694. The highest BCUT2D eigenvalue weighted by Crippen LogP contribution is 2.17. The second kappa shape index (κ2) is 6.30. The van der Waals surface area contributed by atoms with Crippen LogP contribution in [0.4, 0.5) is 0 Å². The summed E-state index contributed by atoms with van der Waals surface area (Å²) in [6.45, 7) is 4.50. The summed E-state index contributed by atoms with van der Waals surface area (Å²) in [4.78, 5) is 19.4. The molecule has 1 N–H and O–H groups in total. The number of carbonyl (C=O) groups is 1. The van der Waals surface area contributed by atoms with E-state index in [-0.39, 0.29) is 11.5 Å². The summed E-state index contributed by atoms with van der Waals surface area (Å²) in [7, 11) is 1.65. The number of aromatic carboxylic acids is 1. The van der Waals surface area contributed by atoms with Crippen LogP contribution in [0, 0.1) is 0 Å². The van der Waals surface area contributed by atoms with Gasteiger partial charge in [0, 0.05) is 26.3 Å². The molecule has 17 heavy (non-hydrogen) atoms. The van der Waals surface area contributed by atoms with Gasteiger partial charge >= 0.3 is 5.97 Å². The number of aryl methyl sites for hydroxylation is 1. The largest absolute Gasteiger partial charge is 0.478 e. The van der Waals surface area contributed by atoms with Gasteiger partial charge in [-0.2, -0.15) is 0 Å². The van der Waals surface area contributed by atoms with Gasteiger partial charge in [-0.1, -0.05) is 13.8 Å². The number of hydrogen-bond acceptors (Lipinski definition) is 4. The van der Waals surface area contributed by atoms with Crippen molar-refractivity contribution in [1.29, 1.82) is 0 Å². The Morgan fingerprint density at radius 1 is 1.53 bits per heavy atom. The van der Waals surface area contributed by atoms with E-state index >= 15 is 0 Å². The summed E-state index contributed by atoms with van der Waals surface area (Å²) in [6, 6.07) is 0. The summed E-state index contributed by atoms with van der Waals surface area (Å²) < 4.78 is 4.95. The molecule has 1 heterocycles. The molecule has 5 heteroatoms. The number of hydrogen-bond donors (Lipinski definition) is 1. The zero-order valence-corrected chi connectivity index (χ0v) is 10.4. The third kappa shape index (κ3) is 3.78. The Morgan fingerprint density at radius 3 is 2.76 bits per heavy atom. The second-order valence-corrected chi connectivity index (χ2v) is 4.14. The Kier molecular flexibility index (Phi) is 5.03. The molecule has 1 rings (SSSR count). The van der Waals surface area contributed by atoms with Crippen molar-refractivity contribution in [2.45, 2.75) is 32.6 Å². The van der Waals surface area contributed by atoms with Gasteiger partial charge in [0.1, 0.15) is 5.82 Å². The molecular formula is C12H18N2O3. The van der Waals surface area contributed by atoms with Gasteiger partial charge in [0.05, 0.1) is 11.3 Å². The Labute approximate surface area is 101 Å². The van der Waals surface area contributed by atoms with E-state index in [0.717, 1.165) is 6.42 Å². The van der Waals surface area contributed by atoms with Crippen LogP contribution >= 0.6 is 0 Å². The number of ether oxygens (including phenoxy) is 1. The maximum absolute atomic E-state index is 11.0. The molecule has 5 nitrogen and oxygen atoms in total. The van der Waals surface area contributed by atoms with Crippen molar-refractivity contribution in [3.05, 3.63) is 23.3 Å². The number of carboxylic acids is 1. The number of aromatic nitrogens is 2. The van der Waals surface area contributed by atoms with E-state index in [1.54, 1.807) is 7.11 Å². The Morgan fingerprint density at radius 2 is 2.24 bits per heavy atom. The smallest absolute Gasteiger partial charge is 0.339 e. The van der Waals surface area contributed by atoms with Crippen molar-refractivity contribution in [1.82, 2.24) is 9.97 Å². The van der Waals surface area contributed by atoms with E-state index in [9.17, 15) is 4.79 Å². The lowest BCUT2D eigenvalue weighted by atomic mass is 10.1. The minimum absolute atomic E-state index is 0.0743. The molecule has 0 saturated heterocycles. The first kappa shape index (κ1) is 13.6. The molecule has 1 aromatic rings. The molecule has 0 aliphatic carbocycles. The maximum Gasteiger partial charge on any atom is 0.339 e. The topological polar surface area (TPSA) is 72.3 Å². The number of carboxylic acid groups (broad SMARTS) is 1. The van der Waals surface area contributed by atoms with Crippen LogP contribution in [0.15, 0.2) is 6.20 Å². The molecule has 0 saturated carbocycles. The predicted octanol–water partition coefficient (Wildman–Crippen LogP) is 1.88. The summed E-state index contributed by atoms with van der Waals surface area (Å²) in [6.07, 6.45) is 2.93. The van der Waals surface area contributed by atoms with Crippen molar-refractivity contribution in [3.8, 4) is 0 Å². The molecule has 1 aromatic heterocycles. The average molecular weight is 238 g/mol. The van der Waals surface area contributed by atoms with Crippen LogP contribution in [-0.4, -0.2) is 34.8 Å². The van der Waals surface area contributed by atoms with Gasteiger partial charge in [-0.15, -0.1) is 0 Å². The van der Waals surface area contributed by atoms with E-state index in [1.165, 1.54) is 6.20 Å². The van der Waals surface area contributed by atoms with Crippen LogP contribution < -0.4 is 0 Å². The van der Waals surface area contributed by atoms with Crippen molar-refractivity contribution >= 4 is 5.97 Å². The molecule has 0 radical (unpaired) electrons. The minimum atomic E-state index is -0.975. The van der Waals surface area contributed by atoms with E-state index in [0.29, 0.717) is 24.5 Å². The van der Waals surface area contributed by atoms with Crippen LogP contribution in [0.25, 0.3) is 0 Å². The molecule has 0 atom stereocenters. The van der Waals surface area contributed by atoms with Crippen molar-refractivity contribution < 1.29 is 14.6 Å².